The Morgan fingerprint density at radius 2 is 1.91 bits per heavy atom. The first-order valence-electron chi connectivity index (χ1n) is 3.90. The van der Waals surface area contributed by atoms with Gasteiger partial charge in [-0.3, -0.25) is 4.79 Å². The number of unbranched alkanes of at least 4 members (excludes halogenated alkanes) is 1. The fraction of sp³-hybridized carbons (Fsp3) is 0.857. The van der Waals surface area contributed by atoms with E-state index in [1.807, 2.05) is 0 Å². The first-order valence-corrected chi connectivity index (χ1v) is 3.90. The molecule has 0 saturated heterocycles. The summed E-state index contributed by atoms with van der Waals surface area (Å²) >= 11 is 0. The summed E-state index contributed by atoms with van der Waals surface area (Å²) in [7, 11) is 0. The van der Waals surface area contributed by atoms with E-state index in [4.69, 9.17) is 17.2 Å². The highest BCUT2D eigenvalue weighted by molar-refractivity contribution is 5.85. The quantitative estimate of drug-likeness (QED) is 0.432. The second-order valence-electron chi connectivity index (χ2n) is 2.56. The molecule has 11 heavy (non-hydrogen) atoms. The zero-order chi connectivity index (χ0) is 8.69. The van der Waals surface area contributed by atoms with Gasteiger partial charge in [0.05, 0.1) is 12.6 Å². The van der Waals surface area contributed by atoms with Gasteiger partial charge in [0.2, 0.25) is 0 Å². The third kappa shape index (κ3) is 4.89. The average molecular weight is 159 g/mol. The van der Waals surface area contributed by atoms with Crippen molar-refractivity contribution in [3.63, 3.8) is 0 Å². The molecular weight excluding hydrogens is 142 g/mol. The Hall–Kier alpha value is -0.450. The summed E-state index contributed by atoms with van der Waals surface area (Å²) in [5, 5.41) is 0. The molecule has 4 nitrogen and oxygen atoms in total. The molecule has 0 amide bonds. The van der Waals surface area contributed by atoms with Crippen molar-refractivity contribution in [1.29, 1.82) is 0 Å². The zero-order valence-corrected chi connectivity index (χ0v) is 6.75. The molecule has 0 rings (SSSR count). The molecular formula is C7H17N3O. The van der Waals surface area contributed by atoms with Crippen LogP contribution in [0.1, 0.15) is 19.3 Å². The molecule has 0 aromatic carbocycles. The predicted molar refractivity (Wildman–Crippen MR) is 44.9 cm³/mol. The second kappa shape index (κ2) is 6.27. The highest BCUT2D eigenvalue weighted by Crippen LogP contribution is 1.97. The van der Waals surface area contributed by atoms with Crippen molar-refractivity contribution in [2.45, 2.75) is 25.3 Å². The van der Waals surface area contributed by atoms with Gasteiger partial charge in [0.15, 0.2) is 5.78 Å². The van der Waals surface area contributed by atoms with Crippen molar-refractivity contribution in [2.24, 2.45) is 17.2 Å². The molecule has 0 heterocycles. The Morgan fingerprint density at radius 3 is 2.36 bits per heavy atom. The molecule has 0 aliphatic rings. The highest BCUT2D eigenvalue weighted by Gasteiger charge is 2.09. The summed E-state index contributed by atoms with van der Waals surface area (Å²) in [5.74, 6) is -0.0676. The molecule has 0 bridgehead atoms. The third-order valence-electron chi connectivity index (χ3n) is 1.58. The molecule has 0 unspecified atom stereocenters. The molecule has 0 saturated carbocycles. The van der Waals surface area contributed by atoms with Crippen LogP contribution in [0.2, 0.25) is 0 Å². The first-order chi connectivity index (χ1) is 5.22. The number of nitrogens with two attached hydrogens (primary N) is 3. The number of hydrogen-bond acceptors (Lipinski definition) is 4. The van der Waals surface area contributed by atoms with Gasteiger partial charge >= 0.3 is 0 Å². The molecule has 0 fully saturated rings. The van der Waals surface area contributed by atoms with Gasteiger partial charge < -0.3 is 17.2 Å². The van der Waals surface area contributed by atoms with Crippen molar-refractivity contribution < 1.29 is 4.79 Å². The van der Waals surface area contributed by atoms with Crippen molar-refractivity contribution in [3.8, 4) is 0 Å². The lowest BCUT2D eigenvalue weighted by Gasteiger charge is -2.07. The van der Waals surface area contributed by atoms with E-state index in [0.29, 0.717) is 13.0 Å². The first kappa shape index (κ1) is 10.6. The Balaban J connectivity index is 3.36. The molecule has 0 aliphatic heterocycles. The maximum atomic E-state index is 10.8. The van der Waals surface area contributed by atoms with Gasteiger partial charge in [0.1, 0.15) is 0 Å². The van der Waals surface area contributed by atoms with Crippen molar-refractivity contribution in [2.75, 3.05) is 13.1 Å². The van der Waals surface area contributed by atoms with Crippen LogP contribution >= 0.6 is 0 Å². The van der Waals surface area contributed by atoms with Crippen LogP contribution < -0.4 is 17.2 Å². The van der Waals surface area contributed by atoms with Crippen molar-refractivity contribution in [1.82, 2.24) is 0 Å². The molecule has 0 radical (unpaired) electrons. The minimum Gasteiger partial charge on any atom is -0.330 e. The van der Waals surface area contributed by atoms with Crippen LogP contribution in [0, 0.1) is 0 Å². The fourth-order valence-electron chi connectivity index (χ4n) is 0.821. The van der Waals surface area contributed by atoms with E-state index in [0.717, 1.165) is 12.8 Å². The van der Waals surface area contributed by atoms with Crippen molar-refractivity contribution in [3.05, 3.63) is 0 Å². The van der Waals surface area contributed by atoms with Gasteiger partial charge in [-0.2, -0.15) is 0 Å². The summed E-state index contributed by atoms with van der Waals surface area (Å²) < 4.78 is 0. The highest BCUT2D eigenvalue weighted by atomic mass is 16.1. The van der Waals surface area contributed by atoms with E-state index in [1.54, 1.807) is 0 Å². The van der Waals surface area contributed by atoms with Gasteiger partial charge in [0, 0.05) is 0 Å². The Morgan fingerprint density at radius 1 is 1.27 bits per heavy atom. The standard InChI is InChI=1S/C7H17N3O/c8-4-2-1-3-6(10)7(11)5-9/h6H,1-5,8-10H2/t6-/m0/s1. The fourth-order valence-corrected chi connectivity index (χ4v) is 0.821. The summed E-state index contributed by atoms with van der Waals surface area (Å²) in [5.41, 5.74) is 15.9. The van der Waals surface area contributed by atoms with E-state index in [-0.39, 0.29) is 18.4 Å². The molecule has 0 aromatic heterocycles. The minimum absolute atomic E-state index is 0.0454. The largest absolute Gasteiger partial charge is 0.330 e. The van der Waals surface area contributed by atoms with Gasteiger partial charge in [-0.15, -0.1) is 0 Å². The van der Waals surface area contributed by atoms with E-state index >= 15 is 0 Å². The number of hydrogen-bond donors (Lipinski definition) is 3. The van der Waals surface area contributed by atoms with Crippen LogP contribution in [-0.4, -0.2) is 24.9 Å². The van der Waals surface area contributed by atoms with Crippen LogP contribution in [0.15, 0.2) is 0 Å². The SMILES string of the molecule is NCCCC[C@H](N)C(=O)CN. The molecule has 6 N–H and O–H groups in total. The van der Waals surface area contributed by atoms with Crippen LogP contribution in [0.25, 0.3) is 0 Å². The molecule has 66 valence electrons. The van der Waals surface area contributed by atoms with E-state index in [9.17, 15) is 4.79 Å². The third-order valence-corrected chi connectivity index (χ3v) is 1.58. The van der Waals surface area contributed by atoms with Crippen LogP contribution in [0.5, 0.6) is 0 Å². The lowest BCUT2D eigenvalue weighted by molar-refractivity contribution is -0.119. The summed E-state index contributed by atoms with van der Waals surface area (Å²) in [6.45, 7) is 0.702. The number of ketones is 1. The van der Waals surface area contributed by atoms with E-state index in [2.05, 4.69) is 0 Å². The van der Waals surface area contributed by atoms with Gasteiger partial charge in [-0.05, 0) is 19.4 Å². The average Bonchev–Trinajstić information content (AvgIpc) is 2.03. The number of carbonyl (C=O) groups is 1. The Kier molecular flexibility index (Phi) is 6.02. The van der Waals surface area contributed by atoms with E-state index in [1.165, 1.54) is 0 Å². The smallest absolute Gasteiger partial charge is 0.162 e. The summed E-state index contributed by atoms with van der Waals surface area (Å²) in [6.07, 6.45) is 2.53. The molecule has 0 spiro atoms. The Bertz CT molecular complexity index is 116. The van der Waals surface area contributed by atoms with Gasteiger partial charge in [0.25, 0.3) is 0 Å². The maximum absolute atomic E-state index is 10.8. The number of rotatable bonds is 6. The van der Waals surface area contributed by atoms with Crippen LogP contribution in [0.3, 0.4) is 0 Å². The van der Waals surface area contributed by atoms with Crippen molar-refractivity contribution >= 4 is 5.78 Å². The van der Waals surface area contributed by atoms with E-state index < -0.39 is 0 Å². The molecule has 0 aliphatic carbocycles. The normalized spacial score (nSPS) is 13.0. The Labute approximate surface area is 67.1 Å². The van der Waals surface area contributed by atoms with Crippen LogP contribution in [0.4, 0.5) is 0 Å². The molecule has 4 heteroatoms. The number of carbonyl (C=O) groups excluding carboxylic acids is 1. The summed E-state index contributed by atoms with van der Waals surface area (Å²) in [4.78, 5) is 10.8. The lowest BCUT2D eigenvalue weighted by Crippen LogP contribution is -2.35. The monoisotopic (exact) mass is 159 g/mol. The maximum Gasteiger partial charge on any atom is 0.162 e. The predicted octanol–water partition coefficient (Wildman–Crippen LogP) is -1.03. The van der Waals surface area contributed by atoms with Gasteiger partial charge in [-0.1, -0.05) is 6.42 Å². The topological polar surface area (TPSA) is 95.1 Å². The second-order valence-corrected chi connectivity index (χ2v) is 2.56. The minimum atomic E-state index is -0.383. The van der Waals surface area contributed by atoms with Gasteiger partial charge in [-0.25, -0.2) is 0 Å². The molecule has 0 aromatic rings. The molecule has 1 atom stereocenters. The van der Waals surface area contributed by atoms with Crippen LogP contribution in [-0.2, 0) is 4.79 Å². The summed E-state index contributed by atoms with van der Waals surface area (Å²) in [6, 6.07) is -0.383. The lowest BCUT2D eigenvalue weighted by atomic mass is 10.1. The zero-order valence-electron chi connectivity index (χ0n) is 6.75. The number of Topliss-reactive ketones (excluding diaryl/α,β-unsaturated/α-hetero) is 1.